The Morgan fingerprint density at radius 1 is 1.21 bits per heavy atom. The monoisotopic (exact) mass is 261 g/mol. The number of hydrogen-bond acceptors (Lipinski definition) is 1. The average molecular weight is 262 g/mol. The van der Waals surface area contributed by atoms with Crippen molar-refractivity contribution in [2.75, 3.05) is 13.6 Å². The summed E-state index contributed by atoms with van der Waals surface area (Å²) in [5.74, 6) is 0. The maximum Gasteiger partial charge on any atom is 0.0129 e. The van der Waals surface area contributed by atoms with Crippen LogP contribution in [0.25, 0.3) is 0 Å². The van der Waals surface area contributed by atoms with E-state index in [1.54, 1.807) is 0 Å². The minimum absolute atomic E-state index is 0.663. The zero-order valence-electron chi connectivity index (χ0n) is 9.64. The van der Waals surface area contributed by atoms with Gasteiger partial charge in [-0.2, -0.15) is 0 Å². The van der Waals surface area contributed by atoms with E-state index < -0.39 is 0 Å². The van der Waals surface area contributed by atoms with E-state index in [1.165, 1.54) is 51.5 Å². The van der Waals surface area contributed by atoms with Gasteiger partial charge >= 0.3 is 0 Å². The molecule has 0 aromatic heterocycles. The molecule has 0 radical (unpaired) electrons. The Labute approximate surface area is 97.4 Å². The first-order valence-corrected chi connectivity index (χ1v) is 6.96. The Kier molecular flexibility index (Phi) is 6.11. The molecule has 84 valence electrons. The van der Waals surface area contributed by atoms with E-state index in [9.17, 15) is 0 Å². The molecule has 0 saturated heterocycles. The summed E-state index contributed by atoms with van der Waals surface area (Å²) >= 11 is 3.62. The molecule has 0 N–H and O–H groups in total. The third-order valence-corrected chi connectivity index (χ3v) is 3.79. The van der Waals surface area contributed by atoms with Crippen molar-refractivity contribution >= 4 is 15.9 Å². The number of rotatable bonds is 4. The largest absolute Gasteiger partial charge is 0.303 e. The molecule has 1 rings (SSSR count). The van der Waals surface area contributed by atoms with Crippen LogP contribution in [0.4, 0.5) is 0 Å². The van der Waals surface area contributed by atoms with Crippen LogP contribution in [-0.4, -0.2) is 29.4 Å². The maximum atomic E-state index is 3.62. The molecular weight excluding hydrogens is 238 g/mol. The van der Waals surface area contributed by atoms with E-state index in [1.807, 2.05) is 0 Å². The van der Waals surface area contributed by atoms with Crippen LogP contribution < -0.4 is 0 Å². The Morgan fingerprint density at radius 2 is 1.79 bits per heavy atom. The second-order valence-electron chi connectivity index (χ2n) is 4.70. The van der Waals surface area contributed by atoms with Crippen LogP contribution in [0.3, 0.4) is 0 Å². The van der Waals surface area contributed by atoms with E-state index in [0.29, 0.717) is 4.83 Å². The van der Waals surface area contributed by atoms with Gasteiger partial charge in [-0.05, 0) is 32.9 Å². The summed E-state index contributed by atoms with van der Waals surface area (Å²) in [7, 11) is 2.30. The lowest BCUT2D eigenvalue weighted by molar-refractivity contribution is 0.219. The van der Waals surface area contributed by atoms with Crippen LogP contribution in [0.5, 0.6) is 0 Å². The van der Waals surface area contributed by atoms with Gasteiger partial charge in [0.1, 0.15) is 0 Å². The molecule has 2 heteroatoms. The molecule has 1 atom stereocenters. The molecule has 1 saturated carbocycles. The van der Waals surface area contributed by atoms with Crippen LogP contribution in [0.1, 0.15) is 51.9 Å². The highest BCUT2D eigenvalue weighted by molar-refractivity contribution is 9.09. The summed E-state index contributed by atoms with van der Waals surface area (Å²) < 4.78 is 0. The first kappa shape index (κ1) is 12.5. The fraction of sp³-hybridized carbons (Fsp3) is 1.00. The summed E-state index contributed by atoms with van der Waals surface area (Å²) in [6.07, 6.45) is 9.92. The van der Waals surface area contributed by atoms with Crippen molar-refractivity contribution in [2.45, 2.75) is 62.7 Å². The average Bonchev–Trinajstić information content (AvgIpc) is 2.42. The number of hydrogen-bond donors (Lipinski definition) is 0. The third kappa shape index (κ3) is 4.79. The Bertz CT molecular complexity index is 139. The standard InChI is InChI=1S/C12H24BrN/c1-11(13)9-10-14(2)12-7-5-3-4-6-8-12/h11-12H,3-10H2,1-2H3. The van der Waals surface area contributed by atoms with Gasteiger partial charge < -0.3 is 4.90 Å². The normalized spacial score (nSPS) is 22.3. The molecule has 0 bridgehead atoms. The van der Waals surface area contributed by atoms with Crippen LogP contribution >= 0.6 is 15.9 Å². The quantitative estimate of drug-likeness (QED) is 0.550. The van der Waals surface area contributed by atoms with Crippen molar-refractivity contribution in [3.63, 3.8) is 0 Å². The zero-order valence-corrected chi connectivity index (χ0v) is 11.2. The maximum absolute atomic E-state index is 3.62. The number of nitrogens with zero attached hydrogens (tertiary/aromatic N) is 1. The van der Waals surface area contributed by atoms with Crippen LogP contribution in [0.15, 0.2) is 0 Å². The van der Waals surface area contributed by atoms with Gasteiger partial charge in [-0.3, -0.25) is 0 Å². The summed E-state index contributed by atoms with van der Waals surface area (Å²) in [5, 5.41) is 0. The van der Waals surface area contributed by atoms with Crippen molar-refractivity contribution in [1.29, 1.82) is 0 Å². The van der Waals surface area contributed by atoms with E-state index in [-0.39, 0.29) is 0 Å². The van der Waals surface area contributed by atoms with E-state index in [4.69, 9.17) is 0 Å². The van der Waals surface area contributed by atoms with Crippen molar-refractivity contribution in [2.24, 2.45) is 0 Å². The summed E-state index contributed by atoms with van der Waals surface area (Å²) in [5.41, 5.74) is 0. The SMILES string of the molecule is CC(Br)CCN(C)C1CCCCCC1. The molecule has 1 fully saturated rings. The van der Waals surface area contributed by atoms with E-state index in [2.05, 4.69) is 34.8 Å². The molecule has 1 unspecified atom stereocenters. The minimum Gasteiger partial charge on any atom is -0.303 e. The number of halogens is 1. The van der Waals surface area contributed by atoms with Crippen molar-refractivity contribution in [3.8, 4) is 0 Å². The predicted octanol–water partition coefficient (Wildman–Crippen LogP) is 3.81. The molecule has 1 nitrogen and oxygen atoms in total. The highest BCUT2D eigenvalue weighted by Gasteiger charge is 2.16. The highest BCUT2D eigenvalue weighted by Crippen LogP contribution is 2.21. The lowest BCUT2D eigenvalue weighted by atomic mass is 10.1. The molecular formula is C12H24BrN. The molecule has 0 spiro atoms. The van der Waals surface area contributed by atoms with Crippen LogP contribution in [-0.2, 0) is 0 Å². The van der Waals surface area contributed by atoms with Gasteiger partial charge in [0.2, 0.25) is 0 Å². The lowest BCUT2D eigenvalue weighted by Crippen LogP contribution is -2.32. The fourth-order valence-corrected chi connectivity index (χ4v) is 2.47. The third-order valence-electron chi connectivity index (χ3n) is 3.33. The van der Waals surface area contributed by atoms with Gasteiger partial charge in [0.05, 0.1) is 0 Å². The lowest BCUT2D eigenvalue weighted by Gasteiger charge is -2.27. The van der Waals surface area contributed by atoms with Gasteiger partial charge in [0.25, 0.3) is 0 Å². The van der Waals surface area contributed by atoms with Crippen molar-refractivity contribution < 1.29 is 0 Å². The number of alkyl halides is 1. The van der Waals surface area contributed by atoms with Gasteiger partial charge in [-0.25, -0.2) is 0 Å². The van der Waals surface area contributed by atoms with Crippen molar-refractivity contribution in [3.05, 3.63) is 0 Å². The minimum atomic E-state index is 0.663. The predicted molar refractivity (Wildman–Crippen MR) is 67.1 cm³/mol. The van der Waals surface area contributed by atoms with Gasteiger partial charge in [-0.15, -0.1) is 0 Å². The summed E-state index contributed by atoms with van der Waals surface area (Å²) in [4.78, 5) is 3.24. The highest BCUT2D eigenvalue weighted by atomic mass is 79.9. The van der Waals surface area contributed by atoms with Crippen molar-refractivity contribution in [1.82, 2.24) is 4.90 Å². The Hall–Kier alpha value is 0.440. The summed E-state index contributed by atoms with van der Waals surface area (Å²) in [6.45, 7) is 3.48. The zero-order chi connectivity index (χ0) is 10.4. The molecule has 1 aliphatic rings. The smallest absolute Gasteiger partial charge is 0.0129 e. The molecule has 0 aromatic carbocycles. The topological polar surface area (TPSA) is 3.24 Å². The van der Waals surface area contributed by atoms with Gasteiger partial charge in [0, 0.05) is 10.9 Å². The van der Waals surface area contributed by atoms with Crippen LogP contribution in [0.2, 0.25) is 0 Å². The molecule has 0 heterocycles. The van der Waals surface area contributed by atoms with E-state index >= 15 is 0 Å². The molecule has 1 aliphatic carbocycles. The first-order valence-electron chi connectivity index (χ1n) is 6.04. The first-order chi connectivity index (χ1) is 6.70. The molecule has 14 heavy (non-hydrogen) atoms. The van der Waals surface area contributed by atoms with Crippen LogP contribution in [0, 0.1) is 0 Å². The second-order valence-corrected chi connectivity index (χ2v) is 6.26. The molecule has 0 amide bonds. The van der Waals surface area contributed by atoms with Gasteiger partial charge in [0.15, 0.2) is 0 Å². The fourth-order valence-electron chi connectivity index (χ4n) is 2.26. The second kappa shape index (κ2) is 6.84. The Balaban J connectivity index is 2.23. The Morgan fingerprint density at radius 3 is 2.29 bits per heavy atom. The molecule has 0 aromatic rings. The van der Waals surface area contributed by atoms with E-state index in [0.717, 1.165) is 6.04 Å². The van der Waals surface area contributed by atoms with Gasteiger partial charge in [-0.1, -0.05) is 48.5 Å². The summed E-state index contributed by atoms with van der Waals surface area (Å²) in [6, 6.07) is 0.865. The molecule has 0 aliphatic heterocycles.